The van der Waals surface area contributed by atoms with Crippen LogP contribution in [0.4, 0.5) is 0 Å². The van der Waals surface area contributed by atoms with Crippen molar-refractivity contribution < 1.29 is 14.3 Å². The lowest BCUT2D eigenvalue weighted by Gasteiger charge is -2.19. The molecule has 0 radical (unpaired) electrons. The number of carbonyl (C=O) groups is 2. The zero-order chi connectivity index (χ0) is 17.4. The molecule has 1 N–H and O–H groups in total. The van der Waals surface area contributed by atoms with Crippen molar-refractivity contribution in [2.24, 2.45) is 0 Å². The van der Waals surface area contributed by atoms with E-state index in [1.54, 1.807) is 6.92 Å². The van der Waals surface area contributed by atoms with Crippen LogP contribution < -0.4 is 5.32 Å². The number of nitrogens with one attached hydrogen (secondary N) is 1. The molecule has 0 aliphatic rings. The number of hydrogen-bond acceptors (Lipinski definition) is 3. The molecule has 0 spiro atoms. The van der Waals surface area contributed by atoms with Gasteiger partial charge >= 0.3 is 5.97 Å². The van der Waals surface area contributed by atoms with Crippen LogP contribution in [0, 0.1) is 6.92 Å². The van der Waals surface area contributed by atoms with Gasteiger partial charge in [-0.2, -0.15) is 0 Å². The number of rotatable bonds is 7. The summed E-state index contributed by atoms with van der Waals surface area (Å²) in [5, 5.41) is 2.95. The number of ether oxygens (including phenoxy) is 1. The molecule has 0 fully saturated rings. The molecule has 1 atom stereocenters. The number of hydrogen-bond donors (Lipinski definition) is 1. The van der Waals surface area contributed by atoms with Gasteiger partial charge in [-0.05, 0) is 25.0 Å². The summed E-state index contributed by atoms with van der Waals surface area (Å²) < 4.78 is 5.03. The van der Waals surface area contributed by atoms with Crippen LogP contribution in [0.2, 0.25) is 0 Å². The number of amides is 1. The molecule has 0 heterocycles. The normalized spacial score (nSPS) is 11.6. The first-order chi connectivity index (χ1) is 11.6. The van der Waals surface area contributed by atoms with Gasteiger partial charge in [-0.15, -0.1) is 0 Å². The molecule has 1 amide bonds. The number of carbonyl (C=O) groups excluding carboxylic acids is 2. The fourth-order valence-corrected chi connectivity index (χ4v) is 2.46. The highest BCUT2D eigenvalue weighted by Crippen LogP contribution is 2.18. The van der Waals surface area contributed by atoms with E-state index in [0.717, 1.165) is 16.7 Å². The van der Waals surface area contributed by atoms with E-state index in [-0.39, 0.29) is 30.8 Å². The molecule has 4 nitrogen and oxygen atoms in total. The quantitative estimate of drug-likeness (QED) is 0.794. The largest absolute Gasteiger partial charge is 0.466 e. The minimum atomic E-state index is -0.388. The van der Waals surface area contributed by atoms with Crippen molar-refractivity contribution >= 4 is 11.9 Å². The first-order valence-corrected chi connectivity index (χ1v) is 8.14. The highest BCUT2D eigenvalue weighted by atomic mass is 16.5. The molecule has 0 aliphatic carbocycles. The van der Waals surface area contributed by atoms with Gasteiger partial charge in [0.1, 0.15) is 0 Å². The van der Waals surface area contributed by atoms with Gasteiger partial charge in [-0.1, -0.05) is 60.2 Å². The average molecular weight is 325 g/mol. The second-order valence-electron chi connectivity index (χ2n) is 5.70. The van der Waals surface area contributed by atoms with E-state index in [2.05, 4.69) is 5.32 Å². The molecule has 0 bridgehead atoms. The van der Waals surface area contributed by atoms with Crippen molar-refractivity contribution in [2.45, 2.75) is 32.7 Å². The van der Waals surface area contributed by atoms with Crippen molar-refractivity contribution in [1.29, 1.82) is 0 Å². The van der Waals surface area contributed by atoms with Crippen LogP contribution >= 0.6 is 0 Å². The Morgan fingerprint density at radius 1 is 1.04 bits per heavy atom. The van der Waals surface area contributed by atoms with Crippen LogP contribution in [0.5, 0.6) is 0 Å². The zero-order valence-electron chi connectivity index (χ0n) is 14.1. The summed E-state index contributed by atoms with van der Waals surface area (Å²) in [6.45, 7) is 4.10. The Hall–Kier alpha value is -2.62. The van der Waals surface area contributed by atoms with Gasteiger partial charge in [-0.25, -0.2) is 0 Å². The highest BCUT2D eigenvalue weighted by molar-refractivity contribution is 5.80. The van der Waals surface area contributed by atoms with E-state index in [9.17, 15) is 9.59 Å². The standard InChI is InChI=1S/C20H23NO3/c1-3-24-20(23)14-18(17-11-9-15(2)10-12-17)21-19(22)13-16-7-5-4-6-8-16/h4-12,18H,3,13-14H2,1-2H3,(H,21,22)/t18-/m0/s1. The van der Waals surface area contributed by atoms with Crippen molar-refractivity contribution in [3.8, 4) is 0 Å². The SMILES string of the molecule is CCOC(=O)C[C@H](NC(=O)Cc1ccccc1)c1ccc(C)cc1. The van der Waals surface area contributed by atoms with Crippen LogP contribution in [-0.2, 0) is 20.7 Å². The van der Waals surface area contributed by atoms with E-state index < -0.39 is 0 Å². The lowest BCUT2D eigenvalue weighted by atomic mass is 10.0. The summed E-state index contributed by atoms with van der Waals surface area (Å²) in [6.07, 6.45) is 0.406. The minimum absolute atomic E-state index is 0.115. The Labute approximate surface area is 142 Å². The maximum Gasteiger partial charge on any atom is 0.308 e. The monoisotopic (exact) mass is 325 g/mol. The van der Waals surface area contributed by atoms with Gasteiger partial charge in [0, 0.05) is 0 Å². The molecule has 4 heteroatoms. The third-order valence-corrected chi connectivity index (χ3v) is 3.70. The second kappa shape index (κ2) is 8.87. The van der Waals surface area contributed by atoms with Crippen LogP contribution in [-0.4, -0.2) is 18.5 Å². The lowest BCUT2D eigenvalue weighted by Crippen LogP contribution is -2.31. The number of esters is 1. The Balaban J connectivity index is 2.08. The van der Waals surface area contributed by atoms with E-state index in [4.69, 9.17) is 4.74 Å². The third kappa shape index (κ3) is 5.54. The van der Waals surface area contributed by atoms with Crippen LogP contribution in [0.15, 0.2) is 54.6 Å². The molecule has 0 aliphatic heterocycles. The van der Waals surface area contributed by atoms with Crippen LogP contribution in [0.1, 0.15) is 36.1 Å². The Bertz CT molecular complexity index is 665. The zero-order valence-corrected chi connectivity index (χ0v) is 14.1. The van der Waals surface area contributed by atoms with Gasteiger partial charge in [-0.3, -0.25) is 9.59 Å². The molecule has 0 saturated carbocycles. The second-order valence-corrected chi connectivity index (χ2v) is 5.70. The van der Waals surface area contributed by atoms with Gasteiger partial charge in [0.25, 0.3) is 0 Å². The topological polar surface area (TPSA) is 55.4 Å². The van der Waals surface area contributed by atoms with Crippen molar-refractivity contribution in [3.63, 3.8) is 0 Å². The number of aryl methyl sites for hydroxylation is 1. The molecule has 0 aromatic heterocycles. The molecule has 2 rings (SSSR count). The van der Waals surface area contributed by atoms with Crippen molar-refractivity contribution in [3.05, 3.63) is 71.3 Å². The summed E-state index contributed by atoms with van der Waals surface area (Å²) in [6, 6.07) is 16.9. The third-order valence-electron chi connectivity index (χ3n) is 3.70. The highest BCUT2D eigenvalue weighted by Gasteiger charge is 2.19. The molecule has 126 valence electrons. The van der Waals surface area contributed by atoms with Gasteiger partial charge in [0.2, 0.25) is 5.91 Å². The lowest BCUT2D eigenvalue weighted by molar-refractivity contribution is -0.143. The molecule has 2 aromatic carbocycles. The fraction of sp³-hybridized carbons (Fsp3) is 0.300. The van der Waals surface area contributed by atoms with Crippen LogP contribution in [0.25, 0.3) is 0 Å². The molecular formula is C20H23NO3. The Morgan fingerprint density at radius 2 is 1.71 bits per heavy atom. The predicted octanol–water partition coefficient (Wildman–Crippen LogP) is 3.35. The Kier molecular flexibility index (Phi) is 6.55. The summed E-state index contributed by atoms with van der Waals surface area (Å²) >= 11 is 0. The fourth-order valence-electron chi connectivity index (χ4n) is 2.46. The first-order valence-electron chi connectivity index (χ1n) is 8.14. The molecule has 0 saturated heterocycles. The summed E-state index contributed by atoms with van der Waals surface area (Å²) in [4.78, 5) is 24.2. The average Bonchev–Trinajstić information content (AvgIpc) is 2.56. The van der Waals surface area contributed by atoms with Gasteiger partial charge in [0.15, 0.2) is 0 Å². The maximum atomic E-state index is 12.3. The number of benzene rings is 2. The Morgan fingerprint density at radius 3 is 2.33 bits per heavy atom. The van der Waals surface area contributed by atoms with E-state index in [1.165, 1.54) is 0 Å². The van der Waals surface area contributed by atoms with Gasteiger partial charge in [0.05, 0.1) is 25.5 Å². The van der Waals surface area contributed by atoms with E-state index >= 15 is 0 Å². The molecule has 24 heavy (non-hydrogen) atoms. The molecular weight excluding hydrogens is 302 g/mol. The van der Waals surface area contributed by atoms with Gasteiger partial charge < -0.3 is 10.1 Å². The summed E-state index contributed by atoms with van der Waals surface area (Å²) in [5.41, 5.74) is 2.97. The van der Waals surface area contributed by atoms with Crippen molar-refractivity contribution in [2.75, 3.05) is 6.61 Å². The molecule has 0 unspecified atom stereocenters. The molecule has 2 aromatic rings. The summed E-state index contributed by atoms with van der Waals surface area (Å²) in [5.74, 6) is -0.431. The smallest absolute Gasteiger partial charge is 0.308 e. The minimum Gasteiger partial charge on any atom is -0.466 e. The van der Waals surface area contributed by atoms with E-state index in [0.29, 0.717) is 6.61 Å². The van der Waals surface area contributed by atoms with Crippen LogP contribution in [0.3, 0.4) is 0 Å². The maximum absolute atomic E-state index is 12.3. The predicted molar refractivity (Wildman–Crippen MR) is 93.5 cm³/mol. The van der Waals surface area contributed by atoms with E-state index in [1.807, 2.05) is 61.5 Å². The summed E-state index contributed by atoms with van der Waals surface area (Å²) in [7, 11) is 0. The first kappa shape index (κ1) is 17.7. The van der Waals surface area contributed by atoms with Crippen molar-refractivity contribution in [1.82, 2.24) is 5.32 Å².